The number of halogens is 2. The largest absolute Gasteiger partial charge is 0.480 e. The second-order valence-electron chi connectivity index (χ2n) is 10.5. The fourth-order valence-corrected chi connectivity index (χ4v) is 6.22. The SMILES string of the molecule is Cc1ccc(C(=O)N2CCc3c(cc(Cl)c(C(=O)NC(CNC(=O)NC4CCc5ccccc54)C(=O)O)c3Cl)C2)cc1. The Kier molecular flexibility index (Phi) is 8.70. The molecular formula is C31H30Cl2N4O5. The van der Waals surface area contributed by atoms with Gasteiger partial charge in [0.2, 0.25) is 0 Å². The summed E-state index contributed by atoms with van der Waals surface area (Å²) in [5.74, 6) is -2.22. The Morgan fingerprint density at radius 2 is 1.76 bits per heavy atom. The van der Waals surface area contributed by atoms with Crippen LogP contribution >= 0.6 is 23.2 Å². The van der Waals surface area contributed by atoms with Gasteiger partial charge in [-0.1, -0.05) is 65.2 Å². The van der Waals surface area contributed by atoms with E-state index < -0.39 is 23.9 Å². The highest BCUT2D eigenvalue weighted by Gasteiger charge is 2.30. The maximum absolute atomic E-state index is 13.2. The van der Waals surface area contributed by atoms with E-state index in [9.17, 15) is 24.3 Å². The highest BCUT2D eigenvalue weighted by Crippen LogP contribution is 2.35. The molecule has 5 rings (SSSR count). The van der Waals surface area contributed by atoms with Crippen LogP contribution in [0.15, 0.2) is 54.6 Å². The molecule has 218 valence electrons. The third kappa shape index (κ3) is 6.22. The molecule has 11 heteroatoms. The van der Waals surface area contributed by atoms with Crippen LogP contribution in [0.25, 0.3) is 0 Å². The van der Waals surface area contributed by atoms with Crippen molar-refractivity contribution in [2.45, 2.75) is 44.8 Å². The molecule has 9 nitrogen and oxygen atoms in total. The number of hydrogen-bond donors (Lipinski definition) is 4. The zero-order valence-corrected chi connectivity index (χ0v) is 24.4. The molecule has 1 heterocycles. The topological polar surface area (TPSA) is 128 Å². The number of fused-ring (bicyclic) bond motifs is 2. The lowest BCUT2D eigenvalue weighted by Gasteiger charge is -2.30. The van der Waals surface area contributed by atoms with Crippen LogP contribution < -0.4 is 16.0 Å². The van der Waals surface area contributed by atoms with Crippen molar-refractivity contribution in [3.05, 3.63) is 104 Å². The van der Waals surface area contributed by atoms with Crippen LogP contribution in [0.4, 0.5) is 4.79 Å². The van der Waals surface area contributed by atoms with Crippen molar-refractivity contribution in [2.75, 3.05) is 13.1 Å². The van der Waals surface area contributed by atoms with Crippen molar-refractivity contribution in [3.8, 4) is 0 Å². The molecular weight excluding hydrogens is 579 g/mol. The number of rotatable bonds is 7. The van der Waals surface area contributed by atoms with Gasteiger partial charge in [0.15, 0.2) is 0 Å². The Hall–Kier alpha value is -4.08. The number of nitrogens with zero attached hydrogens (tertiary/aromatic N) is 1. The maximum Gasteiger partial charge on any atom is 0.328 e. The number of benzene rings is 3. The summed E-state index contributed by atoms with van der Waals surface area (Å²) < 4.78 is 0. The first kappa shape index (κ1) is 29.4. The number of carboxylic acids is 1. The number of carboxylic acid groups (broad SMARTS) is 1. The molecule has 0 radical (unpaired) electrons. The summed E-state index contributed by atoms with van der Waals surface area (Å²) in [6.07, 6.45) is 2.00. The lowest BCUT2D eigenvalue weighted by Crippen LogP contribution is -2.50. The minimum absolute atomic E-state index is 0.0376. The van der Waals surface area contributed by atoms with Crippen LogP contribution in [0.3, 0.4) is 0 Å². The molecule has 4 amide bonds. The van der Waals surface area contributed by atoms with E-state index in [-0.39, 0.29) is 40.6 Å². The van der Waals surface area contributed by atoms with E-state index in [0.717, 1.165) is 29.5 Å². The lowest BCUT2D eigenvalue weighted by atomic mass is 9.96. The number of amides is 4. The first-order chi connectivity index (χ1) is 20.1. The van der Waals surface area contributed by atoms with Gasteiger partial charge in [-0.05, 0) is 66.6 Å². The molecule has 0 fully saturated rings. The first-order valence-corrected chi connectivity index (χ1v) is 14.4. The number of nitrogens with one attached hydrogen (secondary N) is 3. The molecule has 1 aliphatic carbocycles. The third-order valence-electron chi connectivity index (χ3n) is 7.73. The molecule has 0 aromatic heterocycles. The van der Waals surface area contributed by atoms with Crippen LogP contribution in [-0.4, -0.2) is 53.0 Å². The molecule has 42 heavy (non-hydrogen) atoms. The zero-order chi connectivity index (χ0) is 30.0. The minimum atomic E-state index is -1.43. The predicted octanol–water partition coefficient (Wildman–Crippen LogP) is 4.67. The summed E-state index contributed by atoms with van der Waals surface area (Å²) in [6, 6.07) is 14.6. The van der Waals surface area contributed by atoms with Crippen molar-refractivity contribution >= 4 is 47.0 Å². The Labute approximate surface area is 253 Å². The summed E-state index contributed by atoms with van der Waals surface area (Å²) in [4.78, 5) is 52.4. The van der Waals surface area contributed by atoms with Gasteiger partial charge >= 0.3 is 12.0 Å². The standard InChI is InChI=1S/C31H30Cl2N4O5/c1-17-6-8-19(9-7-17)29(39)37-13-12-22-20(16-37)14-23(32)26(27(22)33)28(38)35-25(30(40)41)15-34-31(42)36-24-11-10-18-4-2-3-5-21(18)24/h2-9,14,24-25H,10-13,15-16H2,1H3,(H,35,38)(H,40,41)(H2,34,36,42). The Morgan fingerprint density at radius 3 is 2.50 bits per heavy atom. The maximum atomic E-state index is 13.2. The highest BCUT2D eigenvalue weighted by molar-refractivity contribution is 6.40. The van der Waals surface area contributed by atoms with Crippen molar-refractivity contribution in [2.24, 2.45) is 0 Å². The van der Waals surface area contributed by atoms with Gasteiger partial charge in [-0.2, -0.15) is 0 Å². The van der Waals surface area contributed by atoms with E-state index in [1.165, 1.54) is 5.56 Å². The molecule has 0 saturated heterocycles. The fraction of sp³-hybridized carbons (Fsp3) is 0.290. The summed E-state index contributed by atoms with van der Waals surface area (Å²) in [7, 11) is 0. The molecule has 2 aliphatic rings. The Bertz CT molecular complexity index is 1560. The quantitative estimate of drug-likeness (QED) is 0.310. The van der Waals surface area contributed by atoms with Crippen molar-refractivity contribution < 1.29 is 24.3 Å². The van der Waals surface area contributed by atoms with E-state index in [1.54, 1.807) is 23.1 Å². The minimum Gasteiger partial charge on any atom is -0.480 e. The molecule has 2 unspecified atom stereocenters. The second-order valence-corrected chi connectivity index (χ2v) is 11.3. The van der Waals surface area contributed by atoms with Crippen LogP contribution in [0.5, 0.6) is 0 Å². The van der Waals surface area contributed by atoms with Gasteiger partial charge in [0.05, 0.1) is 28.2 Å². The molecule has 2 atom stereocenters. The number of aryl methyl sites for hydroxylation is 2. The monoisotopic (exact) mass is 608 g/mol. The van der Waals surface area contributed by atoms with Crippen molar-refractivity contribution in [1.82, 2.24) is 20.9 Å². The molecule has 0 saturated carbocycles. The average Bonchev–Trinajstić information content (AvgIpc) is 3.37. The fourth-order valence-electron chi connectivity index (χ4n) is 5.45. The van der Waals surface area contributed by atoms with Crippen LogP contribution in [0.1, 0.15) is 61.0 Å². The number of carbonyl (C=O) groups is 4. The van der Waals surface area contributed by atoms with E-state index >= 15 is 0 Å². The molecule has 4 N–H and O–H groups in total. The van der Waals surface area contributed by atoms with Gasteiger partial charge in [-0.25, -0.2) is 9.59 Å². The molecule has 0 spiro atoms. The van der Waals surface area contributed by atoms with Crippen LogP contribution in [0, 0.1) is 6.92 Å². The van der Waals surface area contributed by atoms with E-state index in [0.29, 0.717) is 24.1 Å². The Balaban J connectivity index is 1.23. The van der Waals surface area contributed by atoms with E-state index in [1.807, 2.05) is 43.3 Å². The van der Waals surface area contributed by atoms with Gasteiger partial charge in [0.1, 0.15) is 6.04 Å². The van der Waals surface area contributed by atoms with E-state index in [2.05, 4.69) is 16.0 Å². The summed E-state index contributed by atoms with van der Waals surface area (Å²) in [5.41, 5.74) is 5.19. The van der Waals surface area contributed by atoms with Crippen LogP contribution in [-0.2, 0) is 24.2 Å². The third-order valence-corrected chi connectivity index (χ3v) is 8.44. The average molecular weight is 610 g/mol. The van der Waals surface area contributed by atoms with Gasteiger partial charge in [0, 0.05) is 18.7 Å². The molecule has 0 bridgehead atoms. The van der Waals surface area contributed by atoms with Gasteiger partial charge in [-0.3, -0.25) is 9.59 Å². The summed E-state index contributed by atoms with van der Waals surface area (Å²) >= 11 is 13.1. The van der Waals surface area contributed by atoms with Crippen LogP contribution in [0.2, 0.25) is 10.0 Å². The zero-order valence-electron chi connectivity index (χ0n) is 22.9. The van der Waals surface area contributed by atoms with Gasteiger partial charge in [-0.15, -0.1) is 0 Å². The summed E-state index contributed by atoms with van der Waals surface area (Å²) in [5, 5.41) is 17.7. The second kappa shape index (κ2) is 12.4. The normalized spacial score (nSPS) is 16.2. The number of urea groups is 1. The molecule has 3 aromatic carbocycles. The van der Waals surface area contributed by atoms with Crippen molar-refractivity contribution in [3.63, 3.8) is 0 Å². The van der Waals surface area contributed by atoms with Gasteiger partial charge in [0.25, 0.3) is 11.8 Å². The lowest BCUT2D eigenvalue weighted by molar-refractivity contribution is -0.139. The number of hydrogen-bond acceptors (Lipinski definition) is 4. The van der Waals surface area contributed by atoms with Gasteiger partial charge < -0.3 is 26.0 Å². The predicted molar refractivity (Wildman–Crippen MR) is 159 cm³/mol. The van der Waals surface area contributed by atoms with E-state index in [4.69, 9.17) is 23.2 Å². The molecule has 1 aliphatic heterocycles. The molecule has 3 aromatic rings. The highest BCUT2D eigenvalue weighted by atomic mass is 35.5. The number of carbonyl (C=O) groups excluding carboxylic acids is 3. The van der Waals surface area contributed by atoms with Crippen molar-refractivity contribution in [1.29, 1.82) is 0 Å². The first-order valence-electron chi connectivity index (χ1n) is 13.6. The smallest absolute Gasteiger partial charge is 0.328 e. The Morgan fingerprint density at radius 1 is 1.02 bits per heavy atom. The summed E-state index contributed by atoms with van der Waals surface area (Å²) in [6.45, 7) is 2.26. The number of aliphatic carboxylic acids is 1.